The third-order valence-corrected chi connectivity index (χ3v) is 9.23. The molecule has 3 amide bonds. The minimum atomic E-state index is -0.628. The molecule has 246 valence electrons. The van der Waals surface area contributed by atoms with Crippen LogP contribution in [0, 0.1) is 0 Å². The van der Waals surface area contributed by atoms with E-state index in [1.54, 1.807) is 11.8 Å². The predicted molar refractivity (Wildman–Crippen MR) is 169 cm³/mol. The maximum absolute atomic E-state index is 12.6. The van der Waals surface area contributed by atoms with Gasteiger partial charge in [0.2, 0.25) is 11.6 Å². The number of hydrogen-bond donors (Lipinski definition) is 1. The summed E-state index contributed by atoms with van der Waals surface area (Å²) in [6.07, 6.45) is 20.2. The Morgan fingerprint density at radius 2 is 1.40 bits per heavy atom. The van der Waals surface area contributed by atoms with Gasteiger partial charge >= 0.3 is 12.2 Å². The van der Waals surface area contributed by atoms with E-state index < -0.39 is 6.09 Å². The molecule has 1 aliphatic rings. The van der Waals surface area contributed by atoms with E-state index in [0.29, 0.717) is 13.2 Å². The fourth-order valence-electron chi connectivity index (χ4n) is 5.17. The summed E-state index contributed by atoms with van der Waals surface area (Å²) in [5.74, 6) is -0.348. The number of halogens is 1. The van der Waals surface area contributed by atoms with Gasteiger partial charge in [-0.3, -0.25) is 4.79 Å². The van der Waals surface area contributed by atoms with Crippen molar-refractivity contribution in [2.45, 2.75) is 141 Å². The van der Waals surface area contributed by atoms with E-state index >= 15 is 0 Å². The van der Waals surface area contributed by atoms with Gasteiger partial charge in [0, 0.05) is 36.1 Å². The molecule has 0 saturated carbocycles. The number of thioether (sulfide) groups is 1. The Hall–Kier alpha value is -2.00. The molecule has 0 bridgehead atoms. The van der Waals surface area contributed by atoms with Gasteiger partial charge in [-0.05, 0) is 19.8 Å². The number of imide groups is 1. The number of pyridine rings is 1. The number of ether oxygens (including phenoxy) is 2. The Morgan fingerprint density at radius 1 is 0.860 bits per heavy atom. The minimum Gasteiger partial charge on any atom is -1.00 e. The highest BCUT2D eigenvalue weighted by molar-refractivity contribution is 8.01. The van der Waals surface area contributed by atoms with Crippen molar-refractivity contribution in [1.29, 1.82) is 0 Å². The quantitative estimate of drug-likeness (QED) is 0.148. The van der Waals surface area contributed by atoms with Gasteiger partial charge in [0.15, 0.2) is 6.20 Å². The number of unbranched alkanes of at least 4 members (excludes halogenated alkanes) is 13. The van der Waals surface area contributed by atoms with Crippen molar-refractivity contribution in [3.05, 3.63) is 30.1 Å². The number of aryl methyl sites for hydroxylation is 1. The Kier molecular flexibility index (Phi) is 22.1. The Balaban J connectivity index is 0.00000924. The molecule has 1 aromatic heterocycles. The van der Waals surface area contributed by atoms with Gasteiger partial charge in [0.25, 0.3) is 0 Å². The number of alkyl carbamates (subject to hydrolysis) is 1. The van der Waals surface area contributed by atoms with Crippen LogP contribution in [0.2, 0.25) is 0 Å². The molecule has 1 aliphatic heterocycles. The van der Waals surface area contributed by atoms with Crippen LogP contribution in [0.1, 0.15) is 123 Å². The number of nitrogens with zero attached hydrogens (tertiary/aromatic N) is 2. The van der Waals surface area contributed by atoms with Crippen molar-refractivity contribution in [3.63, 3.8) is 0 Å². The van der Waals surface area contributed by atoms with Gasteiger partial charge in [-0.2, -0.15) is 0 Å². The lowest BCUT2D eigenvalue weighted by Gasteiger charge is -2.34. The van der Waals surface area contributed by atoms with Crippen LogP contribution >= 0.6 is 11.8 Å². The third-order valence-electron chi connectivity index (χ3n) is 7.80. The van der Waals surface area contributed by atoms with Crippen molar-refractivity contribution in [2.24, 2.45) is 0 Å². The molecule has 1 aromatic rings. The zero-order chi connectivity index (χ0) is 30.4. The molecule has 0 aromatic carbocycles. The van der Waals surface area contributed by atoms with Crippen LogP contribution in [0.15, 0.2) is 24.4 Å². The SMILES string of the molecule is CCCCCCCCCCCCCCCCNC(=O)OCC1CC(COC(=O)N(Cc2cccc[n+]2CC)C(C)=O)S1.[Cl-]. The van der Waals surface area contributed by atoms with Gasteiger partial charge in [-0.15, -0.1) is 11.8 Å². The normalized spacial score (nSPS) is 15.6. The topological polar surface area (TPSA) is 88.8 Å². The van der Waals surface area contributed by atoms with Crippen LogP contribution in [0.3, 0.4) is 0 Å². The first-order chi connectivity index (χ1) is 20.4. The van der Waals surface area contributed by atoms with Crippen molar-refractivity contribution in [1.82, 2.24) is 10.2 Å². The summed E-state index contributed by atoms with van der Waals surface area (Å²) in [5.41, 5.74) is 0.866. The summed E-state index contributed by atoms with van der Waals surface area (Å²) in [7, 11) is 0. The molecular weight excluding hydrogens is 586 g/mol. The van der Waals surface area contributed by atoms with Gasteiger partial charge in [-0.25, -0.2) is 19.1 Å². The lowest BCUT2D eigenvalue weighted by molar-refractivity contribution is -0.701. The van der Waals surface area contributed by atoms with E-state index in [0.717, 1.165) is 36.4 Å². The number of carbonyl (C=O) groups is 3. The monoisotopic (exact) mass is 641 g/mol. The molecule has 10 heteroatoms. The first kappa shape index (κ1) is 39.0. The number of rotatable bonds is 22. The molecule has 2 rings (SSSR count). The molecule has 8 nitrogen and oxygen atoms in total. The summed E-state index contributed by atoms with van der Waals surface area (Å²) < 4.78 is 12.8. The first-order valence-corrected chi connectivity index (χ1v) is 17.4. The lowest BCUT2D eigenvalue weighted by Crippen LogP contribution is -3.00. The molecular formula is C33H56ClN3O5S. The molecule has 0 aliphatic carbocycles. The summed E-state index contributed by atoms with van der Waals surface area (Å²) in [5, 5.41) is 3.20. The van der Waals surface area contributed by atoms with E-state index in [-0.39, 0.29) is 48.1 Å². The van der Waals surface area contributed by atoms with Gasteiger partial charge < -0.3 is 27.2 Å². The van der Waals surface area contributed by atoms with Crippen LogP contribution in [0.5, 0.6) is 0 Å². The second kappa shape index (κ2) is 24.3. The summed E-state index contributed by atoms with van der Waals surface area (Å²) >= 11 is 1.65. The first-order valence-electron chi connectivity index (χ1n) is 16.4. The van der Waals surface area contributed by atoms with Crippen molar-refractivity contribution in [2.75, 3.05) is 19.8 Å². The zero-order valence-electron chi connectivity index (χ0n) is 26.8. The largest absolute Gasteiger partial charge is 1.00 e. The third kappa shape index (κ3) is 17.2. The van der Waals surface area contributed by atoms with E-state index in [4.69, 9.17) is 9.47 Å². The number of aromatic nitrogens is 1. The highest BCUT2D eigenvalue weighted by Gasteiger charge is 2.33. The van der Waals surface area contributed by atoms with Crippen molar-refractivity contribution < 1.29 is 40.8 Å². The van der Waals surface area contributed by atoms with Gasteiger partial charge in [0.1, 0.15) is 26.3 Å². The van der Waals surface area contributed by atoms with Gasteiger partial charge in [-0.1, -0.05) is 96.5 Å². The van der Waals surface area contributed by atoms with E-state index in [9.17, 15) is 14.4 Å². The molecule has 1 fully saturated rings. The van der Waals surface area contributed by atoms with Crippen LogP contribution in [-0.4, -0.2) is 53.3 Å². The Labute approximate surface area is 270 Å². The van der Waals surface area contributed by atoms with E-state index in [1.165, 1.54) is 84.0 Å². The number of nitrogens with one attached hydrogen (secondary N) is 1. The smallest absolute Gasteiger partial charge is 0.417 e. The molecule has 1 saturated heterocycles. The number of amides is 3. The molecule has 43 heavy (non-hydrogen) atoms. The van der Waals surface area contributed by atoms with E-state index in [1.807, 2.05) is 35.9 Å². The second-order valence-electron chi connectivity index (χ2n) is 11.4. The molecule has 1 N–H and O–H groups in total. The fraction of sp³-hybridized carbons (Fsp3) is 0.758. The Bertz CT molecular complexity index is 916. The molecule has 2 atom stereocenters. The van der Waals surface area contributed by atoms with Crippen LogP contribution in [-0.2, 0) is 27.4 Å². The molecule has 2 unspecified atom stereocenters. The second-order valence-corrected chi connectivity index (χ2v) is 13.0. The van der Waals surface area contributed by atoms with Crippen LogP contribution < -0.4 is 22.3 Å². The summed E-state index contributed by atoms with van der Waals surface area (Å²) in [4.78, 5) is 37.8. The predicted octanol–water partition coefficient (Wildman–Crippen LogP) is 4.56. The fourth-order valence-corrected chi connectivity index (χ4v) is 6.34. The average Bonchev–Trinajstić information content (AvgIpc) is 2.96. The van der Waals surface area contributed by atoms with Crippen LogP contribution in [0.25, 0.3) is 0 Å². The average molecular weight is 642 g/mol. The zero-order valence-corrected chi connectivity index (χ0v) is 28.4. The van der Waals surface area contributed by atoms with Gasteiger partial charge in [0.05, 0.1) is 0 Å². The van der Waals surface area contributed by atoms with Crippen molar-refractivity contribution in [3.8, 4) is 0 Å². The number of carbonyl (C=O) groups excluding carboxylic acids is 3. The highest BCUT2D eigenvalue weighted by atomic mass is 35.5. The summed E-state index contributed by atoms with van der Waals surface area (Å²) in [6, 6.07) is 5.70. The van der Waals surface area contributed by atoms with Crippen LogP contribution in [0.4, 0.5) is 9.59 Å². The highest BCUT2D eigenvalue weighted by Crippen LogP contribution is 2.36. The minimum absolute atomic E-state index is 0. The maximum Gasteiger partial charge on any atom is 0.417 e. The summed E-state index contributed by atoms with van der Waals surface area (Å²) in [6.45, 7) is 7.81. The molecule has 2 heterocycles. The van der Waals surface area contributed by atoms with Crippen molar-refractivity contribution >= 4 is 29.9 Å². The molecule has 0 spiro atoms. The molecule has 0 radical (unpaired) electrons. The lowest BCUT2D eigenvalue weighted by atomic mass is 10.0. The Morgan fingerprint density at radius 3 is 1.93 bits per heavy atom. The van der Waals surface area contributed by atoms with E-state index in [2.05, 4.69) is 12.2 Å². The number of hydrogen-bond acceptors (Lipinski definition) is 6. The standard InChI is InChI=1S/C33H55N3O5S.ClH/c1-4-6-7-8-9-10-11-12-13-14-15-16-17-19-22-34-32(38)40-26-30-24-31(42-30)27-41-33(39)36(28(3)37)25-29-21-18-20-23-35(29)5-2;/h18,20-21,23,30-31H,4-17,19,22,24-27H2,1-3H3;1H. The maximum atomic E-state index is 12.6.